The molecule has 26 heavy (non-hydrogen) atoms. The molecule has 3 aromatic rings. The minimum absolute atomic E-state index is 0.529. The molecule has 0 saturated carbocycles. The molecule has 2 heterocycles. The molecule has 0 radical (unpaired) electrons. The van der Waals surface area contributed by atoms with Crippen LogP contribution in [0, 0.1) is 25.2 Å². The first kappa shape index (κ1) is 18.6. The number of nitrogens with zero attached hydrogens (tertiary/aromatic N) is 4. The van der Waals surface area contributed by atoms with E-state index in [0.29, 0.717) is 23.1 Å². The topological polar surface area (TPSA) is 62.5 Å². The Morgan fingerprint density at radius 2 is 1.85 bits per heavy atom. The molecule has 0 fully saturated rings. The van der Waals surface area contributed by atoms with Crippen molar-refractivity contribution >= 4 is 23.1 Å². The lowest BCUT2D eigenvalue weighted by Gasteiger charge is -2.06. The summed E-state index contributed by atoms with van der Waals surface area (Å²) < 4.78 is 0. The molecule has 0 aliphatic heterocycles. The standard InChI is InChI=1S/C20H20N4S2/c1-12(2)15-5-7-16(8-6-15)19-24-17(10-25-19)11-26-20-18(9-21)13(3)22-14(4)23-20/h5-8,10,12H,11H2,1-4H3. The molecule has 0 bridgehead atoms. The smallest absolute Gasteiger partial charge is 0.126 e. The quantitative estimate of drug-likeness (QED) is 0.432. The van der Waals surface area contributed by atoms with E-state index in [4.69, 9.17) is 4.98 Å². The summed E-state index contributed by atoms with van der Waals surface area (Å²) >= 11 is 3.18. The van der Waals surface area contributed by atoms with Gasteiger partial charge in [-0.3, -0.25) is 0 Å². The van der Waals surface area contributed by atoms with Crippen LogP contribution in [-0.4, -0.2) is 15.0 Å². The maximum Gasteiger partial charge on any atom is 0.126 e. The van der Waals surface area contributed by atoms with Gasteiger partial charge in [-0.1, -0.05) is 49.9 Å². The maximum absolute atomic E-state index is 9.34. The van der Waals surface area contributed by atoms with Gasteiger partial charge in [0.15, 0.2) is 0 Å². The largest absolute Gasteiger partial charge is 0.240 e. The highest BCUT2D eigenvalue weighted by atomic mass is 32.2. The Bertz CT molecular complexity index is 953. The van der Waals surface area contributed by atoms with Gasteiger partial charge in [-0.2, -0.15) is 5.26 Å². The molecule has 0 amide bonds. The monoisotopic (exact) mass is 380 g/mol. The first-order valence-electron chi connectivity index (χ1n) is 8.40. The van der Waals surface area contributed by atoms with Gasteiger partial charge in [-0.05, 0) is 25.3 Å². The van der Waals surface area contributed by atoms with Crippen LogP contribution in [0.15, 0.2) is 34.7 Å². The van der Waals surface area contributed by atoms with Crippen molar-refractivity contribution in [2.45, 2.75) is 44.4 Å². The lowest BCUT2D eigenvalue weighted by molar-refractivity contribution is 0.867. The van der Waals surface area contributed by atoms with Gasteiger partial charge in [0.2, 0.25) is 0 Å². The SMILES string of the molecule is Cc1nc(C)c(C#N)c(SCc2csc(-c3ccc(C(C)C)cc3)n2)n1. The zero-order valence-corrected chi connectivity index (χ0v) is 16.9. The van der Waals surface area contributed by atoms with E-state index in [1.54, 1.807) is 11.3 Å². The van der Waals surface area contributed by atoms with Gasteiger partial charge >= 0.3 is 0 Å². The number of hydrogen-bond donors (Lipinski definition) is 0. The van der Waals surface area contributed by atoms with Crippen molar-refractivity contribution in [1.29, 1.82) is 5.26 Å². The van der Waals surface area contributed by atoms with Crippen molar-refractivity contribution in [3.8, 4) is 16.6 Å². The zero-order valence-electron chi connectivity index (χ0n) is 15.3. The average Bonchev–Trinajstić information content (AvgIpc) is 3.08. The number of thiazole rings is 1. The summed E-state index contributed by atoms with van der Waals surface area (Å²) in [5.41, 5.74) is 4.76. The van der Waals surface area contributed by atoms with Crippen molar-refractivity contribution in [2.75, 3.05) is 0 Å². The number of benzene rings is 1. The molecule has 0 unspecified atom stereocenters. The summed E-state index contributed by atoms with van der Waals surface area (Å²) in [6.45, 7) is 8.08. The molecule has 4 nitrogen and oxygen atoms in total. The van der Waals surface area contributed by atoms with E-state index in [2.05, 4.69) is 59.5 Å². The lowest BCUT2D eigenvalue weighted by atomic mass is 10.0. The van der Waals surface area contributed by atoms with Gasteiger partial charge in [0.25, 0.3) is 0 Å². The van der Waals surface area contributed by atoms with Crippen molar-refractivity contribution in [3.63, 3.8) is 0 Å². The summed E-state index contributed by atoms with van der Waals surface area (Å²) in [6.07, 6.45) is 0. The van der Waals surface area contributed by atoms with E-state index in [9.17, 15) is 5.26 Å². The number of hydrogen-bond acceptors (Lipinski definition) is 6. The first-order chi connectivity index (χ1) is 12.5. The molecule has 0 aliphatic carbocycles. The minimum atomic E-state index is 0.529. The van der Waals surface area contributed by atoms with Crippen LogP contribution in [0.3, 0.4) is 0 Å². The number of aryl methyl sites for hydroxylation is 2. The van der Waals surface area contributed by atoms with Gasteiger partial charge in [-0.25, -0.2) is 15.0 Å². The van der Waals surface area contributed by atoms with E-state index in [1.165, 1.54) is 17.3 Å². The third kappa shape index (κ3) is 4.12. The van der Waals surface area contributed by atoms with Gasteiger partial charge in [0.1, 0.15) is 27.5 Å². The van der Waals surface area contributed by atoms with Crippen molar-refractivity contribution in [3.05, 3.63) is 58.0 Å². The number of rotatable bonds is 5. The molecule has 0 N–H and O–H groups in total. The fraction of sp³-hybridized carbons (Fsp3) is 0.300. The van der Waals surface area contributed by atoms with Crippen molar-refractivity contribution in [2.24, 2.45) is 0 Å². The highest BCUT2D eigenvalue weighted by Gasteiger charge is 2.12. The fourth-order valence-corrected chi connectivity index (χ4v) is 4.47. The second-order valence-corrected chi connectivity index (χ2v) is 8.18. The molecular formula is C20H20N4S2. The highest BCUT2D eigenvalue weighted by Crippen LogP contribution is 2.30. The zero-order chi connectivity index (χ0) is 18.7. The van der Waals surface area contributed by atoms with Gasteiger partial charge in [-0.15, -0.1) is 11.3 Å². The van der Waals surface area contributed by atoms with Crippen LogP contribution in [0.5, 0.6) is 0 Å². The lowest BCUT2D eigenvalue weighted by Crippen LogP contribution is -1.99. The normalized spacial score (nSPS) is 10.9. The Kier molecular flexibility index (Phi) is 5.70. The number of nitriles is 1. The van der Waals surface area contributed by atoms with E-state index in [1.807, 2.05) is 13.8 Å². The summed E-state index contributed by atoms with van der Waals surface area (Å²) in [4.78, 5) is 13.4. The second kappa shape index (κ2) is 7.98. The Morgan fingerprint density at radius 3 is 2.50 bits per heavy atom. The molecule has 6 heteroatoms. The molecule has 0 spiro atoms. The Labute approximate surface area is 162 Å². The highest BCUT2D eigenvalue weighted by molar-refractivity contribution is 7.98. The van der Waals surface area contributed by atoms with Crippen LogP contribution in [0.1, 0.15) is 48.1 Å². The predicted molar refractivity (Wildman–Crippen MR) is 107 cm³/mol. The van der Waals surface area contributed by atoms with Crippen LogP contribution in [0.4, 0.5) is 0 Å². The maximum atomic E-state index is 9.34. The van der Waals surface area contributed by atoms with Gasteiger partial charge < -0.3 is 0 Å². The summed E-state index contributed by atoms with van der Waals surface area (Å²) in [5.74, 6) is 1.90. The number of aromatic nitrogens is 3. The van der Waals surface area contributed by atoms with Crippen LogP contribution in [0.25, 0.3) is 10.6 Å². The molecule has 1 aromatic carbocycles. The molecule has 3 rings (SSSR count). The van der Waals surface area contributed by atoms with E-state index in [0.717, 1.165) is 27.0 Å². The predicted octanol–water partition coefficient (Wildman–Crippen LogP) is 5.50. The Balaban J connectivity index is 1.75. The Morgan fingerprint density at radius 1 is 1.12 bits per heavy atom. The Hall–Kier alpha value is -2.23. The fourth-order valence-electron chi connectivity index (χ4n) is 2.57. The first-order valence-corrected chi connectivity index (χ1v) is 10.3. The van der Waals surface area contributed by atoms with Crippen LogP contribution < -0.4 is 0 Å². The molecule has 0 aliphatic rings. The molecule has 0 atom stereocenters. The van der Waals surface area contributed by atoms with Gasteiger partial charge in [0, 0.05) is 16.7 Å². The summed E-state index contributed by atoms with van der Waals surface area (Å²) in [5, 5.41) is 13.2. The van der Waals surface area contributed by atoms with Crippen molar-refractivity contribution < 1.29 is 0 Å². The second-order valence-electron chi connectivity index (χ2n) is 6.36. The summed E-state index contributed by atoms with van der Waals surface area (Å²) in [7, 11) is 0. The minimum Gasteiger partial charge on any atom is -0.240 e. The van der Waals surface area contributed by atoms with E-state index in [-0.39, 0.29) is 0 Å². The molecule has 132 valence electrons. The van der Waals surface area contributed by atoms with Crippen LogP contribution in [-0.2, 0) is 5.75 Å². The summed E-state index contributed by atoms with van der Waals surface area (Å²) in [6, 6.07) is 10.8. The van der Waals surface area contributed by atoms with E-state index < -0.39 is 0 Å². The average molecular weight is 381 g/mol. The molecular weight excluding hydrogens is 360 g/mol. The van der Waals surface area contributed by atoms with Gasteiger partial charge in [0.05, 0.1) is 11.4 Å². The van der Waals surface area contributed by atoms with Crippen LogP contribution >= 0.6 is 23.1 Å². The molecule has 2 aromatic heterocycles. The van der Waals surface area contributed by atoms with E-state index >= 15 is 0 Å². The number of thioether (sulfide) groups is 1. The van der Waals surface area contributed by atoms with Crippen LogP contribution in [0.2, 0.25) is 0 Å². The molecule has 0 saturated heterocycles. The third-order valence-electron chi connectivity index (χ3n) is 4.01. The third-order valence-corrected chi connectivity index (χ3v) is 5.96. The van der Waals surface area contributed by atoms with Crippen molar-refractivity contribution in [1.82, 2.24) is 15.0 Å².